The molecule has 1 aliphatic heterocycles. The third-order valence-corrected chi connectivity index (χ3v) is 2.38. The summed E-state index contributed by atoms with van der Waals surface area (Å²) in [4.78, 5) is 11.5. The molecule has 1 atom stereocenters. The summed E-state index contributed by atoms with van der Waals surface area (Å²) < 4.78 is 10.6. The van der Waals surface area contributed by atoms with Crippen LogP contribution in [0.4, 0.5) is 5.69 Å². The monoisotopic (exact) mass is 207 g/mol. The number of carbonyl (C=O) groups excluding carboxylic acids is 1. The molecule has 0 aromatic heterocycles. The minimum absolute atomic E-state index is 0.0259. The molecule has 0 saturated heterocycles. The molecule has 0 bridgehead atoms. The van der Waals surface area contributed by atoms with Gasteiger partial charge in [-0.05, 0) is 12.1 Å². The summed E-state index contributed by atoms with van der Waals surface area (Å²) in [5, 5.41) is 2.80. The van der Waals surface area contributed by atoms with E-state index in [9.17, 15) is 4.79 Å². The van der Waals surface area contributed by atoms with Gasteiger partial charge in [0.25, 0.3) is 0 Å². The lowest BCUT2D eigenvalue weighted by atomic mass is 10.2. The predicted octanol–water partition coefficient (Wildman–Crippen LogP) is 1.66. The van der Waals surface area contributed by atoms with Crippen LogP contribution in [0.15, 0.2) is 18.2 Å². The number of fused-ring (bicyclic) bond motifs is 1. The SMILES string of the molecule is COc1ccc2c(c1)NC(=O)C(C)CO2. The summed E-state index contributed by atoms with van der Waals surface area (Å²) in [7, 11) is 1.59. The smallest absolute Gasteiger partial charge is 0.230 e. The number of nitrogens with one attached hydrogen (secondary N) is 1. The molecule has 1 aromatic rings. The molecule has 15 heavy (non-hydrogen) atoms. The van der Waals surface area contributed by atoms with Gasteiger partial charge in [-0.2, -0.15) is 0 Å². The first-order chi connectivity index (χ1) is 7.20. The van der Waals surface area contributed by atoms with E-state index in [1.165, 1.54) is 0 Å². The van der Waals surface area contributed by atoms with Crippen LogP contribution in [0.3, 0.4) is 0 Å². The third kappa shape index (κ3) is 1.88. The van der Waals surface area contributed by atoms with Gasteiger partial charge in [0.05, 0.1) is 25.3 Å². The van der Waals surface area contributed by atoms with Crippen molar-refractivity contribution in [1.82, 2.24) is 0 Å². The van der Waals surface area contributed by atoms with Gasteiger partial charge in [0.1, 0.15) is 11.5 Å². The third-order valence-electron chi connectivity index (χ3n) is 2.38. The second-order valence-corrected chi connectivity index (χ2v) is 3.56. The van der Waals surface area contributed by atoms with Crippen molar-refractivity contribution in [3.8, 4) is 11.5 Å². The molecule has 1 aromatic carbocycles. The van der Waals surface area contributed by atoms with Crippen molar-refractivity contribution in [2.24, 2.45) is 5.92 Å². The Balaban J connectivity index is 2.35. The summed E-state index contributed by atoms with van der Waals surface area (Å²) in [5.74, 6) is 1.23. The van der Waals surface area contributed by atoms with Crippen LogP contribution in [-0.4, -0.2) is 19.6 Å². The van der Waals surface area contributed by atoms with Gasteiger partial charge in [-0.1, -0.05) is 6.92 Å². The van der Waals surface area contributed by atoms with Crippen molar-refractivity contribution >= 4 is 11.6 Å². The lowest BCUT2D eigenvalue weighted by Gasteiger charge is -2.08. The van der Waals surface area contributed by atoms with E-state index in [-0.39, 0.29) is 11.8 Å². The first-order valence-corrected chi connectivity index (χ1v) is 4.82. The Hall–Kier alpha value is -1.71. The van der Waals surface area contributed by atoms with E-state index in [0.717, 1.165) is 0 Å². The fourth-order valence-electron chi connectivity index (χ4n) is 1.41. The minimum atomic E-state index is -0.136. The van der Waals surface area contributed by atoms with E-state index in [1.54, 1.807) is 25.3 Å². The van der Waals surface area contributed by atoms with Gasteiger partial charge in [-0.3, -0.25) is 4.79 Å². The Morgan fingerprint density at radius 1 is 1.53 bits per heavy atom. The fourth-order valence-corrected chi connectivity index (χ4v) is 1.41. The van der Waals surface area contributed by atoms with E-state index in [2.05, 4.69) is 5.32 Å². The summed E-state index contributed by atoms with van der Waals surface area (Å²) in [5.41, 5.74) is 0.670. The summed E-state index contributed by atoms with van der Waals surface area (Å²) >= 11 is 0. The zero-order valence-corrected chi connectivity index (χ0v) is 8.74. The maximum atomic E-state index is 11.5. The molecular weight excluding hydrogens is 194 g/mol. The highest BCUT2D eigenvalue weighted by Gasteiger charge is 2.20. The molecule has 1 unspecified atom stereocenters. The summed E-state index contributed by atoms with van der Waals surface area (Å²) in [6.45, 7) is 2.24. The van der Waals surface area contributed by atoms with Gasteiger partial charge in [0, 0.05) is 6.07 Å². The number of benzene rings is 1. The zero-order valence-electron chi connectivity index (χ0n) is 8.74. The standard InChI is InChI=1S/C11H13NO3/c1-7-6-15-10-4-3-8(14-2)5-9(10)12-11(7)13/h3-5,7H,6H2,1-2H3,(H,12,13). The van der Waals surface area contributed by atoms with Crippen LogP contribution in [0.5, 0.6) is 11.5 Å². The van der Waals surface area contributed by atoms with Crippen LogP contribution in [0.25, 0.3) is 0 Å². The number of ether oxygens (including phenoxy) is 2. The summed E-state index contributed by atoms with van der Waals surface area (Å²) in [6.07, 6.45) is 0. The maximum Gasteiger partial charge on any atom is 0.230 e. The first kappa shape index (κ1) is 9.83. The van der Waals surface area contributed by atoms with E-state index < -0.39 is 0 Å². The van der Waals surface area contributed by atoms with Crippen molar-refractivity contribution in [1.29, 1.82) is 0 Å². The van der Waals surface area contributed by atoms with Gasteiger partial charge in [-0.25, -0.2) is 0 Å². The Labute approximate surface area is 88.2 Å². The number of rotatable bonds is 1. The molecular formula is C11H13NO3. The summed E-state index contributed by atoms with van der Waals surface area (Å²) in [6, 6.07) is 5.36. The molecule has 1 N–H and O–H groups in total. The van der Waals surface area contributed by atoms with Crippen LogP contribution in [0.2, 0.25) is 0 Å². The fraction of sp³-hybridized carbons (Fsp3) is 0.364. The van der Waals surface area contributed by atoms with Gasteiger partial charge < -0.3 is 14.8 Å². The predicted molar refractivity (Wildman–Crippen MR) is 56.3 cm³/mol. The Bertz CT molecular complexity index is 389. The highest BCUT2D eigenvalue weighted by atomic mass is 16.5. The van der Waals surface area contributed by atoms with E-state index in [1.807, 2.05) is 6.92 Å². The van der Waals surface area contributed by atoms with Crippen molar-refractivity contribution in [2.45, 2.75) is 6.92 Å². The lowest BCUT2D eigenvalue weighted by molar-refractivity contribution is -0.119. The van der Waals surface area contributed by atoms with Crippen LogP contribution >= 0.6 is 0 Å². The molecule has 0 aliphatic carbocycles. The molecule has 0 saturated carbocycles. The number of methoxy groups -OCH3 is 1. The van der Waals surface area contributed by atoms with Gasteiger partial charge in [-0.15, -0.1) is 0 Å². The van der Waals surface area contributed by atoms with Crippen LogP contribution < -0.4 is 14.8 Å². The Kier molecular flexibility index (Phi) is 2.49. The van der Waals surface area contributed by atoms with Crippen LogP contribution in [0, 0.1) is 5.92 Å². The van der Waals surface area contributed by atoms with E-state index in [0.29, 0.717) is 23.8 Å². The molecule has 80 valence electrons. The molecule has 0 radical (unpaired) electrons. The molecule has 4 heteroatoms. The topological polar surface area (TPSA) is 47.6 Å². The number of hydrogen-bond donors (Lipinski definition) is 1. The minimum Gasteiger partial charge on any atom is -0.497 e. The number of carbonyl (C=O) groups is 1. The average molecular weight is 207 g/mol. The van der Waals surface area contributed by atoms with E-state index >= 15 is 0 Å². The Morgan fingerprint density at radius 2 is 2.33 bits per heavy atom. The average Bonchev–Trinajstić information content (AvgIpc) is 2.39. The van der Waals surface area contributed by atoms with Gasteiger partial charge in [0.15, 0.2) is 0 Å². The molecule has 0 spiro atoms. The molecule has 1 aliphatic rings. The second-order valence-electron chi connectivity index (χ2n) is 3.56. The molecule has 1 amide bonds. The van der Waals surface area contributed by atoms with Crippen LogP contribution in [0.1, 0.15) is 6.92 Å². The quantitative estimate of drug-likeness (QED) is 0.761. The first-order valence-electron chi connectivity index (χ1n) is 4.82. The van der Waals surface area contributed by atoms with Crippen molar-refractivity contribution in [3.05, 3.63) is 18.2 Å². The molecule has 0 fully saturated rings. The number of amides is 1. The second kappa shape index (κ2) is 3.81. The van der Waals surface area contributed by atoms with Crippen molar-refractivity contribution < 1.29 is 14.3 Å². The highest BCUT2D eigenvalue weighted by Crippen LogP contribution is 2.31. The van der Waals surface area contributed by atoms with Gasteiger partial charge >= 0.3 is 0 Å². The van der Waals surface area contributed by atoms with Gasteiger partial charge in [0.2, 0.25) is 5.91 Å². The highest BCUT2D eigenvalue weighted by molar-refractivity contribution is 5.94. The van der Waals surface area contributed by atoms with E-state index in [4.69, 9.17) is 9.47 Å². The molecule has 2 rings (SSSR count). The zero-order chi connectivity index (χ0) is 10.8. The van der Waals surface area contributed by atoms with Crippen molar-refractivity contribution in [3.63, 3.8) is 0 Å². The Morgan fingerprint density at radius 3 is 3.07 bits per heavy atom. The maximum absolute atomic E-state index is 11.5. The number of hydrogen-bond acceptors (Lipinski definition) is 3. The molecule has 1 heterocycles. The number of anilines is 1. The van der Waals surface area contributed by atoms with Crippen molar-refractivity contribution in [2.75, 3.05) is 19.0 Å². The largest absolute Gasteiger partial charge is 0.497 e. The van der Waals surface area contributed by atoms with Crippen LogP contribution in [-0.2, 0) is 4.79 Å². The normalized spacial score (nSPS) is 19.6. The molecule has 4 nitrogen and oxygen atoms in total. The lowest BCUT2D eigenvalue weighted by Crippen LogP contribution is -2.22.